The van der Waals surface area contributed by atoms with Gasteiger partial charge in [-0.05, 0) is 29.8 Å². The van der Waals surface area contributed by atoms with Crippen LogP contribution >= 0.6 is 11.6 Å². The minimum atomic E-state index is -2.21. The molecule has 13 heteroatoms. The van der Waals surface area contributed by atoms with Crippen LogP contribution in [0.4, 0.5) is 44.7 Å². The van der Waals surface area contributed by atoms with Crippen molar-refractivity contribution in [2.24, 2.45) is 0 Å². The van der Waals surface area contributed by atoms with Gasteiger partial charge in [0.2, 0.25) is 11.7 Å². The number of nitro benzene ring substituents is 1. The molecule has 38 heavy (non-hydrogen) atoms. The summed E-state index contributed by atoms with van der Waals surface area (Å²) in [6.07, 6.45) is 2.63. The number of rotatable bonds is 6. The summed E-state index contributed by atoms with van der Waals surface area (Å²) < 4.78 is 68.8. The van der Waals surface area contributed by atoms with E-state index in [1.807, 2.05) is 0 Å². The molecule has 0 bridgehead atoms. The van der Waals surface area contributed by atoms with Gasteiger partial charge >= 0.3 is 0 Å². The number of nitrogens with zero attached hydrogens (tertiary/aromatic N) is 3. The highest BCUT2D eigenvalue weighted by molar-refractivity contribution is 6.33. The van der Waals surface area contributed by atoms with Crippen LogP contribution < -0.4 is 15.1 Å². The van der Waals surface area contributed by atoms with Gasteiger partial charge in [0.25, 0.3) is 5.69 Å². The van der Waals surface area contributed by atoms with Crippen molar-refractivity contribution in [1.82, 2.24) is 0 Å². The van der Waals surface area contributed by atoms with Crippen LogP contribution in [0.5, 0.6) is 0 Å². The van der Waals surface area contributed by atoms with Crippen LogP contribution in [0, 0.1) is 39.2 Å². The highest BCUT2D eigenvalue weighted by Crippen LogP contribution is 2.33. The maximum absolute atomic E-state index is 14.2. The molecule has 198 valence electrons. The number of amides is 1. The number of halogens is 6. The molecule has 0 atom stereocenters. The Kier molecular flexibility index (Phi) is 7.81. The van der Waals surface area contributed by atoms with Gasteiger partial charge < -0.3 is 15.1 Å². The molecule has 1 heterocycles. The number of carbonyl (C=O) groups excluding carboxylic acids is 1. The summed E-state index contributed by atoms with van der Waals surface area (Å²) in [7, 11) is 0. The summed E-state index contributed by atoms with van der Waals surface area (Å²) in [5, 5.41) is 13.7. The van der Waals surface area contributed by atoms with Gasteiger partial charge in [0.15, 0.2) is 23.3 Å². The zero-order valence-corrected chi connectivity index (χ0v) is 20.1. The van der Waals surface area contributed by atoms with Crippen molar-refractivity contribution in [1.29, 1.82) is 0 Å². The van der Waals surface area contributed by atoms with Gasteiger partial charge in [0.1, 0.15) is 5.69 Å². The fraction of sp³-hybridized carbons (Fsp3) is 0.160. The van der Waals surface area contributed by atoms with Crippen LogP contribution in [0.1, 0.15) is 5.56 Å². The van der Waals surface area contributed by atoms with E-state index in [4.69, 9.17) is 11.6 Å². The first-order valence-electron chi connectivity index (χ1n) is 11.1. The van der Waals surface area contributed by atoms with E-state index in [9.17, 15) is 36.9 Å². The van der Waals surface area contributed by atoms with E-state index in [0.29, 0.717) is 16.9 Å². The smallest absolute Gasteiger partial charge is 0.270 e. The van der Waals surface area contributed by atoms with Gasteiger partial charge in [0, 0.05) is 50.1 Å². The SMILES string of the molecule is O=C(C=Cc1cccc([N+](=O)[O-])c1)Nc1ccc(N2CCN(c3c(F)c(F)c(F)c(F)c3F)CC2)c(Cl)c1. The third-order valence-electron chi connectivity index (χ3n) is 5.85. The lowest BCUT2D eigenvalue weighted by Gasteiger charge is -2.38. The summed E-state index contributed by atoms with van der Waals surface area (Å²) >= 11 is 6.38. The van der Waals surface area contributed by atoms with Crippen molar-refractivity contribution in [3.63, 3.8) is 0 Å². The molecule has 3 aromatic carbocycles. The Morgan fingerprint density at radius 2 is 1.50 bits per heavy atom. The molecule has 0 radical (unpaired) electrons. The lowest BCUT2D eigenvalue weighted by atomic mass is 10.1. The Hall–Kier alpha value is -4.19. The fourth-order valence-corrected chi connectivity index (χ4v) is 4.28. The third-order valence-corrected chi connectivity index (χ3v) is 6.15. The number of non-ortho nitro benzene ring substituents is 1. The quantitative estimate of drug-likeness (QED) is 0.103. The molecule has 1 fully saturated rings. The molecule has 1 amide bonds. The van der Waals surface area contributed by atoms with E-state index in [2.05, 4.69) is 5.32 Å². The van der Waals surface area contributed by atoms with Gasteiger partial charge in [0.05, 0.1) is 15.6 Å². The first-order valence-corrected chi connectivity index (χ1v) is 11.5. The van der Waals surface area contributed by atoms with Gasteiger partial charge in [-0.3, -0.25) is 14.9 Å². The van der Waals surface area contributed by atoms with E-state index in [1.54, 1.807) is 23.1 Å². The van der Waals surface area contributed by atoms with Crippen molar-refractivity contribution in [3.05, 3.63) is 98.3 Å². The molecule has 0 spiro atoms. The second kappa shape index (κ2) is 11.1. The second-order valence-corrected chi connectivity index (χ2v) is 8.64. The topological polar surface area (TPSA) is 78.7 Å². The Morgan fingerprint density at radius 3 is 2.11 bits per heavy atom. The molecule has 1 aliphatic heterocycles. The van der Waals surface area contributed by atoms with Crippen molar-refractivity contribution in [3.8, 4) is 0 Å². The van der Waals surface area contributed by atoms with Crippen molar-refractivity contribution in [2.45, 2.75) is 0 Å². The van der Waals surface area contributed by atoms with E-state index < -0.39 is 45.6 Å². The van der Waals surface area contributed by atoms with Crippen LogP contribution in [-0.4, -0.2) is 37.0 Å². The Morgan fingerprint density at radius 1 is 0.895 bits per heavy atom. The van der Waals surface area contributed by atoms with Crippen LogP contribution in [0.25, 0.3) is 6.08 Å². The number of piperazine rings is 1. The average molecular weight is 553 g/mol. The van der Waals surface area contributed by atoms with E-state index in [-0.39, 0.29) is 36.9 Å². The molecular formula is C25H18ClF5N4O3. The molecule has 7 nitrogen and oxygen atoms in total. The maximum Gasteiger partial charge on any atom is 0.270 e. The summed E-state index contributed by atoms with van der Waals surface area (Å²) in [4.78, 5) is 25.5. The molecular weight excluding hydrogens is 535 g/mol. The van der Waals surface area contributed by atoms with E-state index >= 15 is 0 Å². The highest BCUT2D eigenvalue weighted by atomic mass is 35.5. The molecule has 0 aliphatic carbocycles. The van der Waals surface area contributed by atoms with Crippen LogP contribution in [0.15, 0.2) is 48.5 Å². The average Bonchev–Trinajstić information content (AvgIpc) is 2.90. The maximum atomic E-state index is 14.2. The number of nitrogens with one attached hydrogen (secondary N) is 1. The Labute approximate surface area is 217 Å². The second-order valence-electron chi connectivity index (χ2n) is 8.23. The molecule has 0 saturated carbocycles. The van der Waals surface area contributed by atoms with Crippen LogP contribution in [-0.2, 0) is 4.79 Å². The number of benzene rings is 3. The zero-order chi connectivity index (χ0) is 27.6. The monoisotopic (exact) mass is 552 g/mol. The summed E-state index contributed by atoms with van der Waals surface area (Å²) in [6, 6.07) is 10.4. The molecule has 1 aliphatic rings. The summed E-state index contributed by atoms with van der Waals surface area (Å²) in [5.41, 5.74) is 0.306. The van der Waals surface area contributed by atoms with E-state index in [0.717, 1.165) is 4.90 Å². The fourth-order valence-electron chi connectivity index (χ4n) is 3.98. The van der Waals surface area contributed by atoms with Gasteiger partial charge in [-0.2, -0.15) is 0 Å². The number of nitro groups is 1. The highest BCUT2D eigenvalue weighted by Gasteiger charge is 2.31. The summed E-state index contributed by atoms with van der Waals surface area (Å²) in [5.74, 6) is -10.5. The van der Waals surface area contributed by atoms with Crippen molar-refractivity contribution < 1.29 is 31.7 Å². The first kappa shape index (κ1) is 26.9. The molecule has 0 unspecified atom stereocenters. The minimum Gasteiger partial charge on any atom is -0.367 e. The predicted octanol–water partition coefficient (Wildman–Crippen LogP) is 5.92. The van der Waals surface area contributed by atoms with E-state index in [1.165, 1.54) is 36.4 Å². The van der Waals surface area contributed by atoms with Gasteiger partial charge in [-0.25, -0.2) is 22.0 Å². The van der Waals surface area contributed by atoms with Crippen LogP contribution in [0.2, 0.25) is 5.02 Å². The minimum absolute atomic E-state index is 0.0321. The Balaban J connectivity index is 1.40. The lowest BCUT2D eigenvalue weighted by Crippen LogP contribution is -2.47. The molecule has 4 rings (SSSR count). The van der Waals surface area contributed by atoms with Gasteiger partial charge in [-0.15, -0.1) is 0 Å². The normalized spacial score (nSPS) is 13.7. The van der Waals surface area contributed by atoms with Crippen molar-refractivity contribution >= 4 is 46.3 Å². The standard InChI is InChI=1S/C25H18ClF5N4O3/c26-17-13-15(32-19(36)7-4-14-2-1-3-16(12-14)35(37)38)5-6-18(17)33-8-10-34(11-9-33)25-23(30)21(28)20(27)22(29)24(25)31/h1-7,12-13H,8-11H2,(H,32,36). The molecule has 1 N–H and O–H groups in total. The summed E-state index contributed by atoms with van der Waals surface area (Å²) in [6.45, 7) is 0.291. The van der Waals surface area contributed by atoms with Crippen molar-refractivity contribution in [2.75, 3.05) is 41.3 Å². The molecule has 1 saturated heterocycles. The first-order chi connectivity index (χ1) is 18.1. The van der Waals surface area contributed by atoms with Crippen LogP contribution in [0.3, 0.4) is 0 Å². The third kappa shape index (κ3) is 5.54. The lowest BCUT2D eigenvalue weighted by molar-refractivity contribution is -0.384. The number of carbonyl (C=O) groups is 1. The predicted molar refractivity (Wildman–Crippen MR) is 133 cm³/mol. The Bertz CT molecular complexity index is 1420. The zero-order valence-electron chi connectivity index (χ0n) is 19.4. The number of anilines is 3. The molecule has 3 aromatic rings. The molecule has 0 aromatic heterocycles. The van der Waals surface area contributed by atoms with Gasteiger partial charge in [-0.1, -0.05) is 23.7 Å². The number of hydrogen-bond acceptors (Lipinski definition) is 5. The largest absolute Gasteiger partial charge is 0.367 e. The number of hydrogen-bond donors (Lipinski definition) is 1.